The van der Waals surface area contributed by atoms with Crippen molar-refractivity contribution in [3.63, 3.8) is 0 Å². The molecule has 29 heavy (non-hydrogen) atoms. The van der Waals surface area contributed by atoms with E-state index in [0.717, 1.165) is 31.2 Å². The van der Waals surface area contributed by atoms with Gasteiger partial charge in [0.1, 0.15) is 0 Å². The Morgan fingerprint density at radius 2 is 1.97 bits per heavy atom. The molecule has 0 saturated carbocycles. The summed E-state index contributed by atoms with van der Waals surface area (Å²) < 4.78 is 10.7. The second-order valence-corrected chi connectivity index (χ2v) is 7.47. The highest BCUT2D eigenvalue weighted by Gasteiger charge is 2.27. The number of carbonyl (C=O) groups is 3. The number of benzene rings is 1. The molecule has 0 N–H and O–H groups in total. The summed E-state index contributed by atoms with van der Waals surface area (Å²) >= 11 is 0. The predicted molar refractivity (Wildman–Crippen MR) is 113 cm³/mol. The highest BCUT2D eigenvalue weighted by atomic mass is 16.6. The Morgan fingerprint density at radius 1 is 1.17 bits per heavy atom. The van der Waals surface area contributed by atoms with Crippen molar-refractivity contribution >= 4 is 23.6 Å². The minimum absolute atomic E-state index is 0.0263. The van der Waals surface area contributed by atoms with Gasteiger partial charge in [-0.3, -0.25) is 14.4 Å². The molecule has 0 amide bonds. The van der Waals surface area contributed by atoms with E-state index in [2.05, 4.69) is 0 Å². The van der Waals surface area contributed by atoms with Gasteiger partial charge in [0.15, 0.2) is 23.1 Å². The number of ketones is 2. The second kappa shape index (κ2) is 11.3. The fourth-order valence-corrected chi connectivity index (χ4v) is 3.52. The van der Waals surface area contributed by atoms with Crippen LogP contribution >= 0.6 is 0 Å². The molecule has 1 aromatic rings. The fourth-order valence-electron chi connectivity index (χ4n) is 3.52. The van der Waals surface area contributed by atoms with Gasteiger partial charge in [-0.2, -0.15) is 0 Å². The van der Waals surface area contributed by atoms with Crippen molar-refractivity contribution in [3.05, 3.63) is 42.0 Å². The number of carbonyl (C=O) groups excluding carboxylic acids is 3. The molecular weight excluding hydrogens is 368 g/mol. The maximum atomic E-state index is 12.1. The van der Waals surface area contributed by atoms with Crippen molar-refractivity contribution in [2.45, 2.75) is 52.4 Å². The van der Waals surface area contributed by atoms with Crippen LogP contribution in [-0.2, 0) is 14.4 Å². The summed E-state index contributed by atoms with van der Waals surface area (Å²) in [6.07, 6.45) is 10.7. The topological polar surface area (TPSA) is 69.7 Å². The Bertz CT molecular complexity index is 790. The number of esters is 1. The highest BCUT2D eigenvalue weighted by Crippen LogP contribution is 2.29. The molecule has 0 radical (unpaired) electrons. The van der Waals surface area contributed by atoms with Crippen molar-refractivity contribution in [2.75, 3.05) is 7.11 Å². The van der Waals surface area contributed by atoms with Crippen molar-refractivity contribution in [3.8, 4) is 11.5 Å². The van der Waals surface area contributed by atoms with Gasteiger partial charge >= 0.3 is 5.97 Å². The normalized spacial score (nSPS) is 17.6. The quantitative estimate of drug-likeness (QED) is 0.317. The first kappa shape index (κ1) is 22.6. The molecule has 1 aromatic carbocycles. The first-order valence-electron chi connectivity index (χ1n) is 10.2. The van der Waals surface area contributed by atoms with E-state index >= 15 is 0 Å². The lowest BCUT2D eigenvalue weighted by Crippen LogP contribution is -2.26. The molecule has 5 heteroatoms. The molecule has 0 saturated heterocycles. The van der Waals surface area contributed by atoms with Crippen LogP contribution in [0.25, 0.3) is 6.08 Å². The molecule has 5 nitrogen and oxygen atoms in total. The standard InChI is InChI=1S/C24H30O5/c1-4-8-18-11-14-22(23(15-18)28-3)29-24(27)10-7-5-6-9-17(2)20-16-19(25)12-13-21(20)26/h4,8,11-15,17,20H,5-7,9-10,16H2,1-3H3/b8-4+/t17-,20?/m1/s1. The van der Waals surface area contributed by atoms with Crippen LogP contribution in [0, 0.1) is 11.8 Å². The Kier molecular flexibility index (Phi) is 8.84. The number of hydrogen-bond acceptors (Lipinski definition) is 5. The van der Waals surface area contributed by atoms with Gasteiger partial charge in [-0.1, -0.05) is 38.0 Å². The number of methoxy groups -OCH3 is 1. The smallest absolute Gasteiger partial charge is 0.311 e. The van der Waals surface area contributed by atoms with Crippen molar-refractivity contribution < 1.29 is 23.9 Å². The monoisotopic (exact) mass is 398 g/mol. The maximum absolute atomic E-state index is 12.1. The maximum Gasteiger partial charge on any atom is 0.311 e. The van der Waals surface area contributed by atoms with Crippen LogP contribution < -0.4 is 9.47 Å². The molecular formula is C24H30O5. The van der Waals surface area contributed by atoms with Crippen LogP contribution in [0.15, 0.2) is 36.4 Å². The number of allylic oxidation sites excluding steroid dienone is 3. The molecule has 156 valence electrons. The third-order valence-electron chi connectivity index (χ3n) is 5.22. The van der Waals surface area contributed by atoms with Gasteiger partial charge in [0.25, 0.3) is 0 Å². The molecule has 2 rings (SSSR count). The second-order valence-electron chi connectivity index (χ2n) is 7.47. The average molecular weight is 398 g/mol. The first-order valence-corrected chi connectivity index (χ1v) is 10.2. The van der Waals surface area contributed by atoms with E-state index < -0.39 is 0 Å². The predicted octanol–water partition coefficient (Wildman–Crippen LogP) is 4.93. The van der Waals surface area contributed by atoms with Crippen molar-refractivity contribution in [1.82, 2.24) is 0 Å². The van der Waals surface area contributed by atoms with E-state index in [0.29, 0.717) is 24.3 Å². The van der Waals surface area contributed by atoms with Crippen LogP contribution in [0.1, 0.15) is 57.9 Å². The summed E-state index contributed by atoms with van der Waals surface area (Å²) in [4.78, 5) is 35.6. The molecule has 2 atom stereocenters. The molecule has 0 spiro atoms. The Balaban J connectivity index is 1.71. The largest absolute Gasteiger partial charge is 0.493 e. The average Bonchev–Trinajstić information content (AvgIpc) is 2.70. The van der Waals surface area contributed by atoms with Crippen LogP contribution in [0.5, 0.6) is 11.5 Å². The summed E-state index contributed by atoms with van der Waals surface area (Å²) in [7, 11) is 1.55. The Morgan fingerprint density at radius 3 is 2.69 bits per heavy atom. The van der Waals surface area contributed by atoms with Crippen LogP contribution in [0.3, 0.4) is 0 Å². The van der Waals surface area contributed by atoms with E-state index in [4.69, 9.17) is 9.47 Å². The molecule has 1 unspecified atom stereocenters. The molecule has 0 bridgehead atoms. The van der Waals surface area contributed by atoms with E-state index in [-0.39, 0.29) is 29.4 Å². The van der Waals surface area contributed by atoms with Crippen LogP contribution in [-0.4, -0.2) is 24.6 Å². The van der Waals surface area contributed by atoms with Gasteiger partial charge < -0.3 is 9.47 Å². The molecule has 1 aliphatic carbocycles. The lowest BCUT2D eigenvalue weighted by molar-refractivity contribution is -0.134. The van der Waals surface area contributed by atoms with E-state index in [1.54, 1.807) is 13.2 Å². The SMILES string of the molecule is C/C=C/c1ccc(OC(=O)CCCCC[C@@H](C)C2CC(=O)C=CC2=O)c(OC)c1. The molecule has 1 aliphatic rings. The van der Waals surface area contributed by atoms with Gasteiger partial charge in [-0.15, -0.1) is 0 Å². The Labute approximate surface area is 172 Å². The lowest BCUT2D eigenvalue weighted by atomic mass is 9.80. The molecule has 0 aromatic heterocycles. The van der Waals surface area contributed by atoms with Gasteiger partial charge in [0.2, 0.25) is 0 Å². The zero-order valence-electron chi connectivity index (χ0n) is 17.5. The van der Waals surface area contributed by atoms with Gasteiger partial charge in [0.05, 0.1) is 7.11 Å². The van der Waals surface area contributed by atoms with Gasteiger partial charge in [0, 0.05) is 18.8 Å². The molecule has 0 aliphatic heterocycles. The lowest BCUT2D eigenvalue weighted by Gasteiger charge is -2.22. The van der Waals surface area contributed by atoms with E-state index in [1.165, 1.54) is 12.2 Å². The van der Waals surface area contributed by atoms with Gasteiger partial charge in [-0.05, 0) is 55.5 Å². The van der Waals surface area contributed by atoms with Crippen molar-refractivity contribution in [1.29, 1.82) is 0 Å². The minimum atomic E-state index is -0.284. The Hall–Kier alpha value is -2.69. The number of ether oxygens (including phenoxy) is 2. The summed E-state index contributed by atoms with van der Waals surface area (Å²) in [6.45, 7) is 3.96. The molecule has 0 heterocycles. The first-order chi connectivity index (χ1) is 13.9. The highest BCUT2D eigenvalue weighted by molar-refractivity contribution is 6.05. The number of hydrogen-bond donors (Lipinski definition) is 0. The van der Waals surface area contributed by atoms with E-state index in [9.17, 15) is 14.4 Å². The zero-order chi connectivity index (χ0) is 21.2. The number of unbranched alkanes of at least 4 members (excludes halogenated alkanes) is 2. The number of rotatable bonds is 10. The third kappa shape index (κ3) is 7.00. The summed E-state index contributed by atoms with van der Waals surface area (Å²) in [5.41, 5.74) is 0.979. The zero-order valence-corrected chi connectivity index (χ0v) is 17.5. The van der Waals surface area contributed by atoms with Crippen molar-refractivity contribution in [2.24, 2.45) is 11.8 Å². The summed E-state index contributed by atoms with van der Waals surface area (Å²) in [6, 6.07) is 5.44. The van der Waals surface area contributed by atoms with Crippen LogP contribution in [0.4, 0.5) is 0 Å². The third-order valence-corrected chi connectivity index (χ3v) is 5.22. The van der Waals surface area contributed by atoms with E-state index in [1.807, 2.05) is 38.1 Å². The summed E-state index contributed by atoms with van der Waals surface area (Å²) in [5, 5.41) is 0. The minimum Gasteiger partial charge on any atom is -0.493 e. The van der Waals surface area contributed by atoms with Crippen LogP contribution in [0.2, 0.25) is 0 Å². The molecule has 0 fully saturated rings. The summed E-state index contributed by atoms with van der Waals surface area (Å²) in [5.74, 6) is 0.719. The fraction of sp³-hybridized carbons (Fsp3) is 0.458. The van der Waals surface area contributed by atoms with Gasteiger partial charge in [-0.25, -0.2) is 0 Å².